The second kappa shape index (κ2) is 6.41. The van der Waals surface area contributed by atoms with Gasteiger partial charge in [-0.15, -0.1) is 0 Å². The number of fused-ring (bicyclic) bond motifs is 1. The Kier molecular flexibility index (Phi) is 4.31. The molecule has 6 nitrogen and oxygen atoms in total. The highest BCUT2D eigenvalue weighted by molar-refractivity contribution is 6.41. The molecule has 1 aromatic heterocycles. The summed E-state index contributed by atoms with van der Waals surface area (Å²) in [6, 6.07) is 5.15. The summed E-state index contributed by atoms with van der Waals surface area (Å²) in [5.41, 5.74) is 1.72. The molecule has 24 heavy (non-hydrogen) atoms. The van der Waals surface area contributed by atoms with Crippen molar-refractivity contribution in [2.45, 2.75) is 0 Å². The van der Waals surface area contributed by atoms with Gasteiger partial charge in [-0.2, -0.15) is 0 Å². The molecule has 7 heteroatoms. The summed E-state index contributed by atoms with van der Waals surface area (Å²) in [4.78, 5) is 16.4. The van der Waals surface area contributed by atoms with Crippen molar-refractivity contribution in [1.82, 2.24) is 4.98 Å². The molecule has 0 fully saturated rings. The Hall–Kier alpha value is -2.73. The Labute approximate surface area is 144 Å². The maximum atomic E-state index is 12.3. The van der Waals surface area contributed by atoms with E-state index < -0.39 is 0 Å². The molecular formula is C17H15ClN2O4. The van der Waals surface area contributed by atoms with Crippen LogP contribution in [0.3, 0.4) is 0 Å². The van der Waals surface area contributed by atoms with Crippen molar-refractivity contribution in [3.8, 4) is 17.2 Å². The van der Waals surface area contributed by atoms with Crippen molar-refractivity contribution in [3.05, 3.63) is 40.5 Å². The van der Waals surface area contributed by atoms with Gasteiger partial charge in [0.05, 0.1) is 31.9 Å². The minimum Gasteiger partial charge on any atom is -0.493 e. The lowest BCUT2D eigenvalue weighted by molar-refractivity contribution is -0.110. The van der Waals surface area contributed by atoms with E-state index in [-0.39, 0.29) is 5.91 Å². The fourth-order valence-corrected chi connectivity index (χ4v) is 2.81. The van der Waals surface area contributed by atoms with Gasteiger partial charge < -0.3 is 19.5 Å². The summed E-state index contributed by atoms with van der Waals surface area (Å²) >= 11 is 6.22. The van der Waals surface area contributed by atoms with Crippen molar-refractivity contribution in [2.24, 2.45) is 0 Å². The minimum absolute atomic E-state index is 0.264. The molecule has 0 atom stereocenters. The lowest BCUT2D eigenvalue weighted by Gasteiger charge is -2.13. The van der Waals surface area contributed by atoms with Gasteiger partial charge in [-0.3, -0.25) is 4.79 Å². The molecular weight excluding hydrogens is 332 g/mol. The normalized spacial score (nSPS) is 14.3. The van der Waals surface area contributed by atoms with Crippen molar-refractivity contribution in [1.29, 1.82) is 0 Å². The summed E-state index contributed by atoms with van der Waals surface area (Å²) in [6.07, 6.45) is 3.25. The zero-order valence-corrected chi connectivity index (χ0v) is 14.1. The third kappa shape index (κ3) is 2.65. The molecule has 0 spiro atoms. The molecule has 0 aliphatic carbocycles. The van der Waals surface area contributed by atoms with Gasteiger partial charge in [-0.25, -0.2) is 4.98 Å². The van der Waals surface area contributed by atoms with Crippen molar-refractivity contribution in [2.75, 3.05) is 26.6 Å². The number of ether oxygens (including phenoxy) is 3. The van der Waals surface area contributed by atoms with Gasteiger partial charge in [0.1, 0.15) is 5.82 Å². The van der Waals surface area contributed by atoms with Gasteiger partial charge in [0, 0.05) is 11.8 Å². The van der Waals surface area contributed by atoms with E-state index in [9.17, 15) is 4.79 Å². The van der Waals surface area contributed by atoms with Gasteiger partial charge in [-0.1, -0.05) is 11.6 Å². The Bertz CT molecular complexity index is 823. The van der Waals surface area contributed by atoms with Crippen LogP contribution in [-0.2, 0) is 4.79 Å². The fraction of sp³-hybridized carbons (Fsp3) is 0.176. The first-order valence-corrected chi connectivity index (χ1v) is 7.44. The van der Waals surface area contributed by atoms with Crippen LogP contribution in [0.4, 0.5) is 5.82 Å². The molecule has 3 rings (SSSR count). The molecule has 0 bridgehead atoms. The third-order valence-electron chi connectivity index (χ3n) is 3.64. The number of benzene rings is 1. The monoisotopic (exact) mass is 346 g/mol. The Balaban J connectivity index is 2.15. The number of rotatable bonds is 4. The van der Waals surface area contributed by atoms with Crippen molar-refractivity contribution in [3.63, 3.8) is 0 Å². The zero-order chi connectivity index (χ0) is 17.3. The van der Waals surface area contributed by atoms with E-state index in [0.717, 1.165) is 0 Å². The van der Waals surface area contributed by atoms with E-state index in [4.69, 9.17) is 25.8 Å². The van der Waals surface area contributed by atoms with Crippen LogP contribution in [0.25, 0.3) is 11.6 Å². The van der Waals surface area contributed by atoms with Crippen LogP contribution in [0, 0.1) is 0 Å². The first-order chi connectivity index (χ1) is 11.6. The Morgan fingerprint density at radius 1 is 1.12 bits per heavy atom. The molecule has 1 amide bonds. The second-order valence-corrected chi connectivity index (χ2v) is 5.39. The molecule has 1 aliphatic rings. The summed E-state index contributed by atoms with van der Waals surface area (Å²) in [6.45, 7) is 0. The molecule has 2 heterocycles. The standard InChI is InChI=1S/C17H15ClN2O4/c1-22-12-7-9(8-13(23-2)15(12)24-3)6-10-14-11(18)4-5-19-16(14)20-17(10)21/h4-8H,1-3H3,(H,19,20,21)/b10-6+. The molecule has 0 unspecified atom stereocenters. The van der Waals surface area contributed by atoms with Gasteiger partial charge >= 0.3 is 0 Å². The zero-order valence-electron chi connectivity index (χ0n) is 13.3. The number of hydrogen-bond donors (Lipinski definition) is 1. The molecule has 1 aliphatic heterocycles. The third-order valence-corrected chi connectivity index (χ3v) is 3.96. The minimum atomic E-state index is -0.264. The number of halogens is 1. The number of amides is 1. The quantitative estimate of drug-likeness (QED) is 0.860. The first kappa shape index (κ1) is 16.1. The van der Waals surface area contributed by atoms with Crippen LogP contribution in [0.5, 0.6) is 17.2 Å². The average Bonchev–Trinajstić information content (AvgIpc) is 2.90. The lowest BCUT2D eigenvalue weighted by atomic mass is 10.0. The van der Waals surface area contributed by atoms with Crippen LogP contribution >= 0.6 is 11.6 Å². The van der Waals surface area contributed by atoms with Crippen molar-refractivity contribution >= 4 is 35.0 Å². The number of methoxy groups -OCH3 is 3. The molecule has 124 valence electrons. The number of carbonyl (C=O) groups excluding carboxylic acids is 1. The summed E-state index contributed by atoms with van der Waals surface area (Å²) < 4.78 is 16.0. The van der Waals surface area contributed by atoms with E-state index in [1.807, 2.05) is 0 Å². The number of pyridine rings is 1. The predicted molar refractivity (Wildman–Crippen MR) is 91.8 cm³/mol. The smallest absolute Gasteiger partial charge is 0.257 e. The van der Waals surface area contributed by atoms with Crippen LogP contribution in [0.2, 0.25) is 5.02 Å². The van der Waals surface area contributed by atoms with Gasteiger partial charge in [0.15, 0.2) is 11.5 Å². The molecule has 1 aromatic carbocycles. The van der Waals surface area contributed by atoms with Crippen LogP contribution in [0.1, 0.15) is 11.1 Å². The van der Waals surface area contributed by atoms with Crippen LogP contribution in [0.15, 0.2) is 24.4 Å². The van der Waals surface area contributed by atoms with Crippen LogP contribution in [-0.4, -0.2) is 32.2 Å². The highest BCUT2D eigenvalue weighted by Crippen LogP contribution is 2.41. The van der Waals surface area contributed by atoms with E-state index in [2.05, 4.69) is 10.3 Å². The van der Waals surface area contributed by atoms with Gasteiger partial charge in [-0.05, 0) is 29.8 Å². The highest BCUT2D eigenvalue weighted by Gasteiger charge is 2.28. The first-order valence-electron chi connectivity index (χ1n) is 7.07. The van der Waals surface area contributed by atoms with E-state index >= 15 is 0 Å². The van der Waals surface area contributed by atoms with Gasteiger partial charge in [0.25, 0.3) is 5.91 Å². The molecule has 0 saturated heterocycles. The predicted octanol–water partition coefficient (Wildman–Crippen LogP) is 3.25. The average molecular weight is 347 g/mol. The SMILES string of the molecule is COc1cc(/C=C2/C(=O)Nc3nccc(Cl)c32)cc(OC)c1OC. The molecule has 1 N–H and O–H groups in total. The number of hydrogen-bond acceptors (Lipinski definition) is 5. The largest absolute Gasteiger partial charge is 0.493 e. The van der Waals surface area contributed by atoms with E-state index in [1.54, 1.807) is 30.5 Å². The molecule has 2 aromatic rings. The summed E-state index contributed by atoms with van der Waals surface area (Å²) in [5.74, 6) is 1.67. The fourth-order valence-electron chi connectivity index (χ4n) is 2.57. The number of carbonyl (C=O) groups is 1. The number of anilines is 1. The lowest BCUT2D eigenvalue weighted by Crippen LogP contribution is -2.04. The summed E-state index contributed by atoms with van der Waals surface area (Å²) in [7, 11) is 4.60. The van der Waals surface area contributed by atoms with E-state index in [0.29, 0.717) is 44.8 Å². The van der Waals surface area contributed by atoms with E-state index in [1.165, 1.54) is 21.3 Å². The Morgan fingerprint density at radius 3 is 2.38 bits per heavy atom. The summed E-state index contributed by atoms with van der Waals surface area (Å²) in [5, 5.41) is 3.15. The van der Waals surface area contributed by atoms with Crippen molar-refractivity contribution < 1.29 is 19.0 Å². The highest BCUT2D eigenvalue weighted by atomic mass is 35.5. The van der Waals surface area contributed by atoms with Crippen LogP contribution < -0.4 is 19.5 Å². The molecule has 0 saturated carbocycles. The van der Waals surface area contributed by atoms with Gasteiger partial charge in [0.2, 0.25) is 5.75 Å². The maximum Gasteiger partial charge on any atom is 0.257 e. The Morgan fingerprint density at radius 2 is 1.79 bits per heavy atom. The topological polar surface area (TPSA) is 69.7 Å². The second-order valence-electron chi connectivity index (χ2n) is 4.99. The number of aromatic nitrogens is 1. The molecule has 0 radical (unpaired) electrons. The number of nitrogens with zero attached hydrogens (tertiary/aromatic N) is 1. The number of nitrogens with one attached hydrogen (secondary N) is 1. The maximum absolute atomic E-state index is 12.3.